The third-order valence-corrected chi connectivity index (χ3v) is 3.28. The van der Waals surface area contributed by atoms with Gasteiger partial charge in [0.2, 0.25) is 0 Å². The molecule has 2 atom stereocenters. The monoisotopic (exact) mass is 251 g/mol. The summed E-state index contributed by atoms with van der Waals surface area (Å²) in [4.78, 5) is 8.86. The Bertz CT molecular complexity index is 378. The molecule has 0 bridgehead atoms. The Labute approximate surface area is 110 Å². The van der Waals surface area contributed by atoms with Crippen LogP contribution in [0.5, 0.6) is 0 Å². The van der Waals surface area contributed by atoms with Crippen LogP contribution in [0.3, 0.4) is 0 Å². The zero-order valence-electron chi connectivity index (χ0n) is 12.0. The van der Waals surface area contributed by atoms with Crippen molar-refractivity contribution in [2.75, 3.05) is 10.7 Å². The summed E-state index contributed by atoms with van der Waals surface area (Å²) in [6, 6.07) is 2.21. The van der Waals surface area contributed by atoms with Crippen LogP contribution in [0.4, 0.5) is 11.6 Å². The van der Waals surface area contributed by atoms with Gasteiger partial charge >= 0.3 is 0 Å². The molecule has 18 heavy (non-hydrogen) atoms. The van der Waals surface area contributed by atoms with Gasteiger partial charge in [0.15, 0.2) is 0 Å². The van der Waals surface area contributed by atoms with Crippen LogP contribution in [0, 0.1) is 5.92 Å². The van der Waals surface area contributed by atoms with Gasteiger partial charge in [-0.15, -0.1) is 0 Å². The molecular weight excluding hydrogens is 226 g/mol. The molecule has 1 aromatic heterocycles. The Hall–Kier alpha value is -1.36. The summed E-state index contributed by atoms with van der Waals surface area (Å²) in [5.74, 6) is 8.58. The van der Waals surface area contributed by atoms with Crippen LogP contribution in [-0.4, -0.2) is 16.0 Å². The van der Waals surface area contributed by atoms with E-state index in [0.29, 0.717) is 17.8 Å². The molecule has 0 aliphatic rings. The lowest BCUT2D eigenvalue weighted by atomic mass is 10.0. The van der Waals surface area contributed by atoms with Gasteiger partial charge in [0.25, 0.3) is 0 Å². The minimum Gasteiger partial charge on any atom is -0.367 e. The van der Waals surface area contributed by atoms with E-state index in [1.165, 1.54) is 0 Å². The molecule has 0 saturated carbocycles. The molecule has 1 rings (SSSR count). The van der Waals surface area contributed by atoms with Crippen molar-refractivity contribution in [3.8, 4) is 0 Å². The first-order valence-electron chi connectivity index (χ1n) is 6.60. The van der Waals surface area contributed by atoms with Crippen molar-refractivity contribution in [1.82, 2.24) is 9.97 Å². The molecule has 1 aromatic rings. The second-order valence-corrected chi connectivity index (χ2v) is 5.11. The maximum absolute atomic E-state index is 5.44. The minimum absolute atomic E-state index is 0.276. The maximum atomic E-state index is 5.44. The van der Waals surface area contributed by atoms with E-state index in [2.05, 4.69) is 55.3 Å². The highest BCUT2D eigenvalue weighted by molar-refractivity contribution is 5.47. The molecular formula is C13H25N5. The molecule has 5 nitrogen and oxygen atoms in total. The summed E-state index contributed by atoms with van der Waals surface area (Å²) in [5, 5.41) is 3.42. The molecule has 5 heteroatoms. The standard InChI is InChI=1S/C13H25N5/c1-6-9(4)10(5)15-11-7-12(18-14)17-13(16-11)8(2)3/h7-10H,6,14H2,1-5H3,(H2,15,16,17,18). The third-order valence-electron chi connectivity index (χ3n) is 3.28. The molecule has 0 aliphatic carbocycles. The van der Waals surface area contributed by atoms with Crippen molar-refractivity contribution < 1.29 is 0 Å². The molecule has 0 aliphatic heterocycles. The van der Waals surface area contributed by atoms with Crippen LogP contribution in [0.25, 0.3) is 0 Å². The number of anilines is 2. The van der Waals surface area contributed by atoms with E-state index in [9.17, 15) is 0 Å². The van der Waals surface area contributed by atoms with Gasteiger partial charge in [-0.05, 0) is 12.8 Å². The minimum atomic E-state index is 0.276. The number of aromatic nitrogens is 2. The summed E-state index contributed by atoms with van der Waals surface area (Å²) in [6.45, 7) is 10.7. The molecule has 0 radical (unpaired) electrons. The highest BCUT2D eigenvalue weighted by Gasteiger charge is 2.13. The van der Waals surface area contributed by atoms with Gasteiger partial charge in [-0.1, -0.05) is 34.1 Å². The topological polar surface area (TPSA) is 75.9 Å². The number of nitrogens with zero attached hydrogens (tertiary/aromatic N) is 2. The number of hydrazine groups is 1. The number of hydrogen-bond acceptors (Lipinski definition) is 5. The molecule has 0 saturated heterocycles. The fourth-order valence-electron chi connectivity index (χ4n) is 1.60. The molecule has 1 heterocycles. The Morgan fingerprint density at radius 1 is 1.17 bits per heavy atom. The smallest absolute Gasteiger partial charge is 0.145 e. The lowest BCUT2D eigenvalue weighted by Gasteiger charge is -2.21. The van der Waals surface area contributed by atoms with Crippen LogP contribution in [0.1, 0.15) is 52.8 Å². The number of nitrogens with two attached hydrogens (primary N) is 1. The second-order valence-electron chi connectivity index (χ2n) is 5.11. The van der Waals surface area contributed by atoms with Crippen molar-refractivity contribution in [1.29, 1.82) is 0 Å². The van der Waals surface area contributed by atoms with E-state index >= 15 is 0 Å². The van der Waals surface area contributed by atoms with Crippen molar-refractivity contribution in [2.24, 2.45) is 11.8 Å². The fraction of sp³-hybridized carbons (Fsp3) is 0.692. The van der Waals surface area contributed by atoms with Crippen molar-refractivity contribution >= 4 is 11.6 Å². The Balaban J connectivity index is 2.91. The van der Waals surface area contributed by atoms with Crippen LogP contribution in [-0.2, 0) is 0 Å². The number of rotatable bonds is 6. The number of hydrogen-bond donors (Lipinski definition) is 3. The molecule has 0 aromatic carbocycles. The molecule has 0 fully saturated rings. The summed E-state index contributed by atoms with van der Waals surface area (Å²) in [7, 11) is 0. The summed E-state index contributed by atoms with van der Waals surface area (Å²) >= 11 is 0. The predicted molar refractivity (Wildman–Crippen MR) is 76.5 cm³/mol. The average Bonchev–Trinajstić information content (AvgIpc) is 2.36. The first-order chi connectivity index (χ1) is 8.47. The predicted octanol–water partition coefficient (Wildman–Crippen LogP) is 2.73. The normalized spacial score (nSPS) is 14.4. The largest absolute Gasteiger partial charge is 0.367 e. The third kappa shape index (κ3) is 3.84. The highest BCUT2D eigenvalue weighted by atomic mass is 15.3. The van der Waals surface area contributed by atoms with E-state index in [1.807, 2.05) is 6.07 Å². The number of nitrogen functional groups attached to an aromatic ring is 1. The SMILES string of the molecule is CCC(C)C(C)Nc1cc(NN)nc(C(C)C)n1. The summed E-state index contributed by atoms with van der Waals surface area (Å²) in [5.41, 5.74) is 2.59. The second kappa shape index (κ2) is 6.54. The highest BCUT2D eigenvalue weighted by Crippen LogP contribution is 2.19. The lowest BCUT2D eigenvalue weighted by molar-refractivity contribution is 0.493. The zero-order chi connectivity index (χ0) is 13.7. The van der Waals surface area contributed by atoms with Gasteiger partial charge in [-0.25, -0.2) is 15.8 Å². The van der Waals surface area contributed by atoms with Crippen molar-refractivity contribution in [3.63, 3.8) is 0 Å². The lowest BCUT2D eigenvalue weighted by Crippen LogP contribution is -2.24. The molecule has 2 unspecified atom stereocenters. The van der Waals surface area contributed by atoms with E-state index in [-0.39, 0.29) is 5.92 Å². The van der Waals surface area contributed by atoms with Gasteiger partial charge in [0.1, 0.15) is 17.5 Å². The maximum Gasteiger partial charge on any atom is 0.145 e. The summed E-state index contributed by atoms with van der Waals surface area (Å²) in [6.07, 6.45) is 1.14. The Morgan fingerprint density at radius 3 is 2.28 bits per heavy atom. The van der Waals surface area contributed by atoms with E-state index < -0.39 is 0 Å². The van der Waals surface area contributed by atoms with Crippen LogP contribution < -0.4 is 16.6 Å². The quantitative estimate of drug-likeness (QED) is 0.535. The molecule has 0 spiro atoms. The molecule has 4 N–H and O–H groups in total. The average molecular weight is 251 g/mol. The van der Waals surface area contributed by atoms with E-state index in [4.69, 9.17) is 5.84 Å². The van der Waals surface area contributed by atoms with Crippen molar-refractivity contribution in [2.45, 2.75) is 53.0 Å². The van der Waals surface area contributed by atoms with E-state index in [0.717, 1.165) is 18.1 Å². The van der Waals surface area contributed by atoms with Crippen LogP contribution in [0.2, 0.25) is 0 Å². The molecule has 0 amide bonds. The first kappa shape index (κ1) is 14.7. The molecule has 102 valence electrons. The van der Waals surface area contributed by atoms with Gasteiger partial charge < -0.3 is 10.7 Å². The van der Waals surface area contributed by atoms with Gasteiger partial charge in [-0.2, -0.15) is 0 Å². The Morgan fingerprint density at radius 2 is 1.78 bits per heavy atom. The summed E-state index contributed by atoms with van der Waals surface area (Å²) < 4.78 is 0. The van der Waals surface area contributed by atoms with Gasteiger partial charge in [0.05, 0.1) is 0 Å². The first-order valence-corrected chi connectivity index (χ1v) is 6.60. The zero-order valence-corrected chi connectivity index (χ0v) is 12.0. The van der Waals surface area contributed by atoms with Gasteiger partial charge in [0, 0.05) is 18.0 Å². The Kier molecular flexibility index (Phi) is 5.34. The number of nitrogens with one attached hydrogen (secondary N) is 2. The van der Waals surface area contributed by atoms with Gasteiger partial charge in [-0.3, -0.25) is 0 Å². The van der Waals surface area contributed by atoms with Crippen molar-refractivity contribution in [3.05, 3.63) is 11.9 Å². The van der Waals surface area contributed by atoms with Crippen LogP contribution >= 0.6 is 0 Å². The van der Waals surface area contributed by atoms with E-state index in [1.54, 1.807) is 0 Å². The fourth-order valence-corrected chi connectivity index (χ4v) is 1.60. The van der Waals surface area contributed by atoms with Crippen LogP contribution in [0.15, 0.2) is 6.07 Å².